The van der Waals surface area contributed by atoms with E-state index in [9.17, 15) is 4.79 Å². The topological polar surface area (TPSA) is 61.3 Å². The van der Waals surface area contributed by atoms with Crippen LogP contribution in [-0.2, 0) is 8.98 Å². The van der Waals surface area contributed by atoms with Gasteiger partial charge in [-0.05, 0) is 0 Å². The Balaban J connectivity index is 0. The summed E-state index contributed by atoms with van der Waals surface area (Å²) in [5.41, 5.74) is 0. The van der Waals surface area contributed by atoms with Crippen molar-refractivity contribution in [3.8, 4) is 0 Å². The van der Waals surface area contributed by atoms with Gasteiger partial charge in [0.15, 0.2) is 0 Å². The summed E-state index contributed by atoms with van der Waals surface area (Å²) in [5, 5.41) is 0. The number of hydrogen-bond donors (Lipinski definition) is 2. The summed E-state index contributed by atoms with van der Waals surface area (Å²) in [6.07, 6.45) is 0. The second kappa shape index (κ2) is 6.60. The molecule has 0 aromatic heterocycles. The van der Waals surface area contributed by atoms with Crippen LogP contribution in [0.25, 0.3) is 0 Å². The zero-order chi connectivity index (χ0) is 4.99. The van der Waals surface area contributed by atoms with Crippen LogP contribution in [0, 0.1) is 0 Å². The van der Waals surface area contributed by atoms with Crippen LogP contribution in [0.15, 0.2) is 0 Å². The van der Waals surface area contributed by atoms with Crippen molar-refractivity contribution in [3.05, 3.63) is 0 Å². The molecular formula is C2H8NO2SSb. The Hall–Kier alpha value is 0.598. The number of carbonyl (C=O) groups is 1. The van der Waals surface area contributed by atoms with Crippen LogP contribution in [0.5, 0.6) is 0 Å². The van der Waals surface area contributed by atoms with E-state index in [2.05, 4.69) is 17.1 Å². The summed E-state index contributed by atoms with van der Waals surface area (Å²) in [4.78, 5) is 9.91. The molecule has 3 nitrogen and oxygen atoms in total. The molecule has 0 atom stereocenters. The van der Waals surface area contributed by atoms with Crippen LogP contribution in [0.2, 0.25) is 4.37 Å². The molecule has 0 bridgehead atoms. The van der Waals surface area contributed by atoms with Crippen molar-refractivity contribution in [3.63, 3.8) is 0 Å². The monoisotopic (exact) mass is 231 g/mol. The van der Waals surface area contributed by atoms with Crippen molar-refractivity contribution < 1.29 is 8.98 Å². The molecule has 5 heteroatoms. The Morgan fingerprint density at radius 2 is 2.29 bits per heavy atom. The molecule has 0 radical (unpaired) electrons. The van der Waals surface area contributed by atoms with Crippen molar-refractivity contribution in [1.29, 1.82) is 0 Å². The molecular weight excluding hydrogens is 224 g/mol. The summed E-state index contributed by atoms with van der Waals surface area (Å²) >= 11 is 4.18. The van der Waals surface area contributed by atoms with Crippen molar-refractivity contribution >= 4 is 41.9 Å². The van der Waals surface area contributed by atoms with Crippen LogP contribution in [0.1, 0.15) is 0 Å². The first-order chi connectivity index (χ1) is 2.81. The van der Waals surface area contributed by atoms with E-state index in [-0.39, 0.29) is 12.1 Å². The molecule has 0 amide bonds. The Bertz CT molecular complexity index is 53.7. The maximum atomic E-state index is 9.91. The molecule has 0 aliphatic carbocycles. The summed E-state index contributed by atoms with van der Waals surface area (Å²) in [5.74, 6) is -0.235. The number of thiol groups is 1. The Kier molecular flexibility index (Phi) is 9.95. The molecule has 0 saturated carbocycles. The molecule has 0 saturated heterocycles. The van der Waals surface area contributed by atoms with Gasteiger partial charge >= 0.3 is 55.2 Å². The molecule has 0 rings (SSSR count). The first kappa shape index (κ1) is 10.6. The first-order valence-electron chi connectivity index (χ1n) is 1.35. The van der Waals surface area contributed by atoms with E-state index in [0.717, 1.165) is 23.0 Å². The fourth-order valence-electron chi connectivity index (χ4n) is 0.0373. The summed E-state index contributed by atoms with van der Waals surface area (Å²) < 4.78 is 4.51. The molecule has 0 fully saturated rings. The Morgan fingerprint density at radius 1 is 1.86 bits per heavy atom. The van der Waals surface area contributed by atoms with Crippen LogP contribution >= 0.6 is 12.9 Å². The quantitative estimate of drug-likeness (QED) is 0.367. The van der Waals surface area contributed by atoms with Gasteiger partial charge in [-0.25, -0.2) is 0 Å². The number of carbonyl (C=O) groups excluding carboxylic acids is 1. The first-order valence-corrected chi connectivity index (χ1v) is 4.05. The van der Waals surface area contributed by atoms with Crippen molar-refractivity contribution in [2.45, 2.75) is 4.37 Å². The van der Waals surface area contributed by atoms with Gasteiger partial charge in [0, 0.05) is 0 Å². The molecule has 0 aliphatic rings. The molecule has 44 valence electrons. The number of hydrogen-bond acceptors (Lipinski definition) is 4. The van der Waals surface area contributed by atoms with Crippen LogP contribution in [-0.4, -0.2) is 29.0 Å². The van der Waals surface area contributed by atoms with Gasteiger partial charge in [-0.15, -0.1) is 0 Å². The molecule has 0 spiro atoms. The zero-order valence-electron chi connectivity index (χ0n) is 3.76. The molecule has 3 N–H and O–H groups in total. The van der Waals surface area contributed by atoms with Crippen LogP contribution < -0.4 is 6.15 Å². The fourth-order valence-corrected chi connectivity index (χ4v) is 0.750. The van der Waals surface area contributed by atoms with Gasteiger partial charge in [0.05, 0.1) is 0 Å². The fraction of sp³-hybridized carbons (Fsp3) is 0.500. The third kappa shape index (κ3) is 6.60. The van der Waals surface area contributed by atoms with Gasteiger partial charge in [-0.1, -0.05) is 0 Å². The van der Waals surface area contributed by atoms with Crippen LogP contribution in [0.4, 0.5) is 0 Å². The summed E-state index contributed by atoms with van der Waals surface area (Å²) in [6, 6.07) is 0. The molecule has 0 aromatic rings. The Morgan fingerprint density at radius 3 is 2.29 bits per heavy atom. The average Bonchev–Trinajstić information content (AvgIpc) is 1.65. The van der Waals surface area contributed by atoms with Crippen molar-refractivity contribution in [1.82, 2.24) is 6.15 Å². The molecule has 0 aromatic carbocycles. The predicted octanol–water partition coefficient (Wildman–Crippen LogP) is -0.412. The molecule has 0 unspecified atom stereocenters. The molecule has 0 heterocycles. The van der Waals surface area contributed by atoms with E-state index in [4.69, 9.17) is 0 Å². The minimum absolute atomic E-state index is 0. The van der Waals surface area contributed by atoms with Gasteiger partial charge in [0.1, 0.15) is 0 Å². The second-order valence-corrected chi connectivity index (χ2v) is 2.02. The van der Waals surface area contributed by atoms with Gasteiger partial charge in [0.2, 0.25) is 0 Å². The predicted molar refractivity (Wildman–Crippen MR) is 33.5 cm³/mol. The third-order valence-electron chi connectivity index (χ3n) is 0.268. The zero-order valence-corrected chi connectivity index (χ0v) is 7.95. The SMILES string of the molecule is N.O=C([CH2][SbH2])OS. The van der Waals surface area contributed by atoms with E-state index in [0.29, 0.717) is 4.37 Å². The minimum atomic E-state index is -0.235. The van der Waals surface area contributed by atoms with Crippen molar-refractivity contribution in [2.75, 3.05) is 0 Å². The van der Waals surface area contributed by atoms with Gasteiger partial charge in [-0.2, -0.15) is 0 Å². The third-order valence-corrected chi connectivity index (χ3v) is 1.42. The van der Waals surface area contributed by atoms with Crippen LogP contribution in [0.3, 0.4) is 0 Å². The summed E-state index contributed by atoms with van der Waals surface area (Å²) in [7, 11) is 0. The van der Waals surface area contributed by atoms with E-state index >= 15 is 0 Å². The van der Waals surface area contributed by atoms with E-state index in [1.165, 1.54) is 0 Å². The Labute approximate surface area is 61.5 Å². The average molecular weight is 232 g/mol. The second-order valence-electron chi connectivity index (χ2n) is 0.667. The van der Waals surface area contributed by atoms with Crippen molar-refractivity contribution in [2.24, 2.45) is 0 Å². The maximum absolute atomic E-state index is 9.91. The summed E-state index contributed by atoms with van der Waals surface area (Å²) in [6.45, 7) is 0. The number of rotatable bonds is 1. The van der Waals surface area contributed by atoms with Gasteiger partial charge < -0.3 is 6.15 Å². The van der Waals surface area contributed by atoms with E-state index in [1.807, 2.05) is 0 Å². The molecule has 0 aliphatic heterocycles. The standard InChI is InChI=1S/C2H3O2S.H3N.Sb.2H/c1-2(3)4-5;;;;/h5H,1H2;1H3;;;. The molecule has 7 heavy (non-hydrogen) atoms. The van der Waals surface area contributed by atoms with Gasteiger partial charge in [0.25, 0.3) is 0 Å². The normalized spacial score (nSPS) is 6.57. The van der Waals surface area contributed by atoms with E-state index < -0.39 is 0 Å². The van der Waals surface area contributed by atoms with Gasteiger partial charge in [-0.3, -0.25) is 0 Å². The van der Waals surface area contributed by atoms with E-state index in [1.54, 1.807) is 0 Å².